The fourth-order valence-corrected chi connectivity index (χ4v) is 3.46. The number of aliphatic carboxylic acids is 1. The highest BCUT2D eigenvalue weighted by atomic mass is 16.5. The molecule has 1 N–H and O–H groups in total. The van der Waals surface area contributed by atoms with Gasteiger partial charge in [-0.15, -0.1) is 0 Å². The zero-order chi connectivity index (χ0) is 15.7. The molecule has 0 amide bonds. The molecule has 1 aromatic rings. The minimum Gasteiger partial charge on any atom is -0.481 e. The van der Waals surface area contributed by atoms with Crippen molar-refractivity contribution < 1.29 is 14.6 Å². The van der Waals surface area contributed by atoms with Crippen molar-refractivity contribution in [2.75, 3.05) is 19.8 Å². The van der Waals surface area contributed by atoms with Gasteiger partial charge in [0.2, 0.25) is 0 Å². The first-order valence-corrected chi connectivity index (χ1v) is 7.44. The fraction of sp³-hybridized carbons (Fsp3) is 0.733. The Balaban J connectivity index is 2.30. The third kappa shape index (κ3) is 2.82. The maximum Gasteiger partial charge on any atom is 0.310 e. The molecule has 1 fully saturated rings. The molecular formula is C15H25N3O3. The Bertz CT molecular complexity index is 526. The van der Waals surface area contributed by atoms with E-state index in [4.69, 9.17) is 4.74 Å². The van der Waals surface area contributed by atoms with Crippen molar-refractivity contribution in [3.63, 3.8) is 0 Å². The zero-order valence-electron chi connectivity index (χ0n) is 13.5. The van der Waals surface area contributed by atoms with Crippen LogP contribution in [0.15, 0.2) is 0 Å². The summed E-state index contributed by atoms with van der Waals surface area (Å²) in [4.78, 5) is 13.6. The summed E-state index contributed by atoms with van der Waals surface area (Å²) in [7, 11) is 1.94. The number of hydrogen-bond donors (Lipinski definition) is 1. The third-order valence-corrected chi connectivity index (χ3v) is 4.64. The van der Waals surface area contributed by atoms with Crippen molar-refractivity contribution in [3.8, 4) is 0 Å². The van der Waals surface area contributed by atoms with Gasteiger partial charge in [-0.25, -0.2) is 0 Å². The smallest absolute Gasteiger partial charge is 0.310 e. The standard InChI is InChI=1S/C15H25N3O3/c1-6-18(13-8-21-7-12(13)15(19)20)11(4)14-9(2)16-17(5)10(14)3/h11-13H,6-8H2,1-5H3,(H,19,20). The van der Waals surface area contributed by atoms with Crippen LogP contribution in [0.1, 0.15) is 36.8 Å². The summed E-state index contributed by atoms with van der Waals surface area (Å²) in [6, 6.07) is 0.0405. The van der Waals surface area contributed by atoms with Crippen LogP contribution >= 0.6 is 0 Å². The average Bonchev–Trinajstić information content (AvgIpc) is 2.97. The van der Waals surface area contributed by atoms with E-state index in [1.807, 2.05) is 18.7 Å². The highest BCUT2D eigenvalue weighted by Crippen LogP contribution is 2.31. The van der Waals surface area contributed by atoms with Gasteiger partial charge in [-0.2, -0.15) is 5.10 Å². The van der Waals surface area contributed by atoms with Gasteiger partial charge in [0.05, 0.1) is 24.8 Å². The van der Waals surface area contributed by atoms with Crippen molar-refractivity contribution in [3.05, 3.63) is 17.0 Å². The highest BCUT2D eigenvalue weighted by Gasteiger charge is 2.40. The van der Waals surface area contributed by atoms with E-state index in [2.05, 4.69) is 30.8 Å². The Kier molecular flexibility index (Phi) is 4.68. The van der Waals surface area contributed by atoms with Gasteiger partial charge in [0.25, 0.3) is 0 Å². The monoisotopic (exact) mass is 295 g/mol. The summed E-state index contributed by atoms with van der Waals surface area (Å²) in [5.41, 5.74) is 3.33. The topological polar surface area (TPSA) is 67.6 Å². The lowest BCUT2D eigenvalue weighted by Gasteiger charge is -2.35. The van der Waals surface area contributed by atoms with Crippen molar-refractivity contribution in [2.24, 2.45) is 13.0 Å². The first kappa shape index (κ1) is 16.0. The summed E-state index contributed by atoms with van der Waals surface area (Å²) in [5.74, 6) is -1.23. The Morgan fingerprint density at radius 1 is 1.52 bits per heavy atom. The SMILES string of the molecule is CCN(C(C)c1c(C)nn(C)c1C)C1COCC1C(=O)O. The summed E-state index contributed by atoms with van der Waals surface area (Å²) in [6.45, 7) is 9.81. The summed E-state index contributed by atoms with van der Waals surface area (Å²) < 4.78 is 7.31. The lowest BCUT2D eigenvalue weighted by molar-refractivity contribution is -0.143. The molecule has 118 valence electrons. The molecule has 0 aliphatic carbocycles. The second kappa shape index (κ2) is 6.15. The minimum atomic E-state index is -0.775. The van der Waals surface area contributed by atoms with Crippen LogP contribution < -0.4 is 0 Å². The van der Waals surface area contributed by atoms with Crippen LogP contribution in [0.25, 0.3) is 0 Å². The maximum absolute atomic E-state index is 11.4. The Hall–Kier alpha value is -1.40. The number of rotatable bonds is 5. The second-order valence-electron chi connectivity index (χ2n) is 5.76. The lowest BCUT2D eigenvalue weighted by atomic mass is 9.97. The molecule has 0 saturated carbocycles. The molecule has 1 saturated heterocycles. The number of ether oxygens (including phenoxy) is 1. The molecule has 1 aliphatic heterocycles. The van der Waals surface area contributed by atoms with E-state index < -0.39 is 11.9 Å². The largest absolute Gasteiger partial charge is 0.481 e. The first-order chi connectivity index (χ1) is 9.88. The number of carboxylic acids is 1. The Morgan fingerprint density at radius 3 is 2.67 bits per heavy atom. The molecule has 6 nitrogen and oxygen atoms in total. The van der Waals surface area contributed by atoms with E-state index in [9.17, 15) is 9.90 Å². The van der Waals surface area contributed by atoms with Gasteiger partial charge in [0.1, 0.15) is 0 Å². The summed E-state index contributed by atoms with van der Waals surface area (Å²) in [5, 5.41) is 13.8. The second-order valence-corrected chi connectivity index (χ2v) is 5.76. The van der Waals surface area contributed by atoms with Crippen LogP contribution in [0.3, 0.4) is 0 Å². The molecular weight excluding hydrogens is 270 g/mol. The number of carboxylic acid groups (broad SMARTS) is 1. The number of carbonyl (C=O) groups is 1. The predicted octanol–water partition coefficient (Wildman–Crippen LogP) is 1.52. The molecule has 6 heteroatoms. The van der Waals surface area contributed by atoms with Crippen LogP contribution in [0.4, 0.5) is 0 Å². The van der Waals surface area contributed by atoms with E-state index in [1.165, 1.54) is 5.56 Å². The van der Waals surface area contributed by atoms with Crippen molar-refractivity contribution >= 4 is 5.97 Å². The van der Waals surface area contributed by atoms with Gasteiger partial charge in [0.15, 0.2) is 0 Å². The quantitative estimate of drug-likeness (QED) is 0.892. The molecule has 2 heterocycles. The van der Waals surface area contributed by atoms with E-state index in [1.54, 1.807) is 0 Å². The van der Waals surface area contributed by atoms with Crippen LogP contribution in [0.5, 0.6) is 0 Å². The van der Waals surface area contributed by atoms with Crippen LogP contribution in [0.2, 0.25) is 0 Å². The Morgan fingerprint density at radius 2 is 2.19 bits per heavy atom. The number of nitrogens with zero attached hydrogens (tertiary/aromatic N) is 3. The van der Waals surface area contributed by atoms with Gasteiger partial charge in [-0.05, 0) is 27.3 Å². The Labute approximate surface area is 125 Å². The average molecular weight is 295 g/mol. The molecule has 0 bridgehead atoms. The summed E-state index contributed by atoms with van der Waals surface area (Å²) >= 11 is 0. The number of aromatic nitrogens is 2. The molecule has 0 radical (unpaired) electrons. The zero-order valence-corrected chi connectivity index (χ0v) is 13.5. The molecule has 2 rings (SSSR count). The van der Waals surface area contributed by atoms with Crippen LogP contribution in [-0.2, 0) is 16.6 Å². The maximum atomic E-state index is 11.4. The number of aryl methyl sites for hydroxylation is 2. The normalized spacial score (nSPS) is 23.7. The molecule has 1 aliphatic rings. The van der Waals surface area contributed by atoms with E-state index in [0.29, 0.717) is 13.2 Å². The molecule has 3 unspecified atom stereocenters. The van der Waals surface area contributed by atoms with E-state index >= 15 is 0 Å². The minimum absolute atomic E-state index is 0.0819. The molecule has 3 atom stereocenters. The molecule has 1 aromatic heterocycles. The fourth-order valence-electron chi connectivity index (χ4n) is 3.46. The van der Waals surface area contributed by atoms with Gasteiger partial charge in [-0.1, -0.05) is 6.92 Å². The van der Waals surface area contributed by atoms with Gasteiger partial charge < -0.3 is 9.84 Å². The van der Waals surface area contributed by atoms with Crippen LogP contribution in [-0.4, -0.2) is 51.6 Å². The third-order valence-electron chi connectivity index (χ3n) is 4.64. The van der Waals surface area contributed by atoms with E-state index in [-0.39, 0.29) is 12.1 Å². The number of likely N-dealkylation sites (N-methyl/N-ethyl adjacent to an activating group) is 1. The predicted molar refractivity (Wildman–Crippen MR) is 79.2 cm³/mol. The number of hydrogen-bond acceptors (Lipinski definition) is 4. The van der Waals surface area contributed by atoms with E-state index in [0.717, 1.165) is 17.9 Å². The molecule has 0 aromatic carbocycles. The van der Waals surface area contributed by atoms with Gasteiger partial charge in [0, 0.05) is 30.4 Å². The van der Waals surface area contributed by atoms with Gasteiger partial charge >= 0.3 is 5.97 Å². The van der Waals surface area contributed by atoms with Crippen molar-refractivity contribution in [2.45, 2.75) is 39.8 Å². The van der Waals surface area contributed by atoms with Crippen LogP contribution in [0, 0.1) is 19.8 Å². The van der Waals surface area contributed by atoms with Gasteiger partial charge in [-0.3, -0.25) is 14.4 Å². The molecule has 21 heavy (non-hydrogen) atoms. The molecule has 0 spiro atoms. The summed E-state index contributed by atoms with van der Waals surface area (Å²) in [6.07, 6.45) is 0. The first-order valence-electron chi connectivity index (χ1n) is 7.44. The van der Waals surface area contributed by atoms with Crippen molar-refractivity contribution in [1.82, 2.24) is 14.7 Å². The van der Waals surface area contributed by atoms with Crippen molar-refractivity contribution in [1.29, 1.82) is 0 Å². The lowest BCUT2D eigenvalue weighted by Crippen LogP contribution is -2.44. The highest BCUT2D eigenvalue weighted by molar-refractivity contribution is 5.71.